The first-order valence-electron chi connectivity index (χ1n) is 9.99. The number of ether oxygens (including phenoxy) is 1. The molecule has 1 amide bonds. The zero-order chi connectivity index (χ0) is 21.3. The first-order valence-corrected chi connectivity index (χ1v) is 9.99. The molecule has 0 spiro atoms. The number of hydrogen-bond acceptors (Lipinski definition) is 3. The third-order valence-electron chi connectivity index (χ3n) is 5.33. The van der Waals surface area contributed by atoms with Gasteiger partial charge in [0.15, 0.2) is 0 Å². The zero-order valence-corrected chi connectivity index (χ0v) is 16.9. The van der Waals surface area contributed by atoms with Crippen LogP contribution in [0.5, 0.6) is 0 Å². The van der Waals surface area contributed by atoms with Gasteiger partial charge >= 0.3 is 0 Å². The number of halogens is 1. The molecule has 0 aliphatic carbocycles. The molecule has 30 heavy (non-hydrogen) atoms. The summed E-state index contributed by atoms with van der Waals surface area (Å²) in [6.07, 6.45) is 4.12. The Morgan fingerprint density at radius 2 is 2.03 bits per heavy atom. The highest BCUT2D eigenvalue weighted by molar-refractivity contribution is 5.99. The summed E-state index contributed by atoms with van der Waals surface area (Å²) in [7, 11) is 0. The van der Waals surface area contributed by atoms with E-state index in [0.29, 0.717) is 61.3 Å². The molecule has 1 aliphatic heterocycles. The number of rotatable bonds is 5. The molecule has 1 saturated heterocycles. The molecule has 1 aliphatic rings. The van der Waals surface area contributed by atoms with Gasteiger partial charge in [-0.15, -0.1) is 6.58 Å². The van der Waals surface area contributed by atoms with Crippen molar-refractivity contribution < 1.29 is 13.9 Å². The average molecular weight is 409 g/mol. The topological polar surface area (TPSA) is 67.3 Å². The first-order chi connectivity index (χ1) is 14.5. The zero-order valence-electron chi connectivity index (χ0n) is 16.9. The van der Waals surface area contributed by atoms with Gasteiger partial charge in [0.05, 0.1) is 13.2 Å². The number of pyridine rings is 1. The summed E-state index contributed by atoms with van der Waals surface area (Å²) in [5.74, 6) is -0.714. The van der Waals surface area contributed by atoms with E-state index >= 15 is 0 Å². The van der Waals surface area contributed by atoms with E-state index in [1.807, 2.05) is 13.0 Å². The summed E-state index contributed by atoms with van der Waals surface area (Å²) in [6, 6.07) is 6.22. The molecule has 0 atom stereocenters. The third kappa shape index (κ3) is 3.80. The molecule has 0 unspecified atom stereocenters. The highest BCUT2D eigenvalue weighted by Gasteiger charge is 2.21. The van der Waals surface area contributed by atoms with E-state index in [2.05, 4.69) is 11.6 Å². The van der Waals surface area contributed by atoms with Crippen LogP contribution in [0.3, 0.4) is 0 Å². The number of nitrogens with one attached hydrogen (secondary N) is 1. The van der Waals surface area contributed by atoms with Gasteiger partial charge in [-0.05, 0) is 43.2 Å². The number of hydrogen-bond donors (Lipinski definition) is 1. The summed E-state index contributed by atoms with van der Waals surface area (Å²) in [5.41, 5.74) is 2.72. The largest absolute Gasteiger partial charge is 0.378 e. The Morgan fingerprint density at radius 3 is 2.77 bits per heavy atom. The van der Waals surface area contributed by atoms with Gasteiger partial charge in [-0.3, -0.25) is 9.59 Å². The molecule has 1 N–H and O–H groups in total. The van der Waals surface area contributed by atoms with Crippen molar-refractivity contribution in [3.63, 3.8) is 0 Å². The molecule has 156 valence electrons. The fourth-order valence-electron chi connectivity index (χ4n) is 3.84. The van der Waals surface area contributed by atoms with Crippen LogP contribution in [-0.2, 0) is 11.3 Å². The lowest BCUT2D eigenvalue weighted by Gasteiger charge is -2.27. The van der Waals surface area contributed by atoms with E-state index in [9.17, 15) is 14.0 Å². The average Bonchev–Trinajstić information content (AvgIpc) is 3.15. The molecule has 4 rings (SSSR count). The number of carbonyl (C=O) groups is 1. The number of aromatic amines is 1. The van der Waals surface area contributed by atoms with Gasteiger partial charge in [-0.25, -0.2) is 4.39 Å². The predicted molar refractivity (Wildman–Crippen MR) is 114 cm³/mol. The second-order valence-electron chi connectivity index (χ2n) is 7.49. The van der Waals surface area contributed by atoms with E-state index in [1.54, 1.807) is 27.8 Å². The number of carbonyl (C=O) groups excluding carboxylic acids is 1. The first kappa shape index (κ1) is 20.1. The second kappa shape index (κ2) is 8.28. The van der Waals surface area contributed by atoms with Crippen LogP contribution in [0.1, 0.15) is 22.5 Å². The maximum Gasteiger partial charge on any atom is 0.274 e. The summed E-state index contributed by atoms with van der Waals surface area (Å²) in [5, 5.41) is 0.711. The highest BCUT2D eigenvalue weighted by Crippen LogP contribution is 2.29. The van der Waals surface area contributed by atoms with Gasteiger partial charge in [0.2, 0.25) is 0 Å². The quantitative estimate of drug-likeness (QED) is 0.656. The summed E-state index contributed by atoms with van der Waals surface area (Å²) >= 11 is 0. The number of H-pyrrole nitrogens is 1. The lowest BCUT2D eigenvalue weighted by atomic mass is 10.0. The van der Waals surface area contributed by atoms with Crippen LogP contribution in [0.25, 0.3) is 22.0 Å². The Bertz CT molecular complexity index is 1170. The molecule has 6 nitrogen and oxygen atoms in total. The molecule has 3 heterocycles. The van der Waals surface area contributed by atoms with E-state index < -0.39 is 5.82 Å². The van der Waals surface area contributed by atoms with Gasteiger partial charge in [0, 0.05) is 48.0 Å². The molecule has 0 saturated carbocycles. The van der Waals surface area contributed by atoms with Crippen LogP contribution < -0.4 is 5.56 Å². The van der Waals surface area contributed by atoms with E-state index in [-0.39, 0.29) is 17.0 Å². The van der Waals surface area contributed by atoms with Gasteiger partial charge in [-0.2, -0.15) is 0 Å². The fraction of sp³-hybridized carbons (Fsp3) is 0.304. The van der Waals surface area contributed by atoms with Gasteiger partial charge in [-0.1, -0.05) is 6.08 Å². The van der Waals surface area contributed by atoms with Gasteiger partial charge in [0.1, 0.15) is 11.3 Å². The minimum atomic E-state index is -0.492. The number of morpholine rings is 1. The number of amides is 1. The maximum atomic E-state index is 14.5. The molecule has 2 aromatic heterocycles. The van der Waals surface area contributed by atoms with Crippen molar-refractivity contribution in [2.75, 3.05) is 26.3 Å². The normalized spacial score (nSPS) is 14.3. The van der Waals surface area contributed by atoms with Crippen LogP contribution in [0.15, 0.2) is 47.9 Å². The second-order valence-corrected chi connectivity index (χ2v) is 7.49. The van der Waals surface area contributed by atoms with Crippen molar-refractivity contribution in [1.29, 1.82) is 0 Å². The monoisotopic (exact) mass is 409 g/mol. The minimum absolute atomic E-state index is 0.135. The molecule has 7 heteroatoms. The highest BCUT2D eigenvalue weighted by atomic mass is 19.1. The van der Waals surface area contributed by atoms with Crippen molar-refractivity contribution in [3.8, 4) is 11.1 Å². The number of aryl methyl sites for hydroxylation is 2. The molecule has 3 aromatic rings. The number of nitrogens with zero attached hydrogens (tertiary/aromatic N) is 2. The summed E-state index contributed by atoms with van der Waals surface area (Å²) in [6.45, 7) is 7.98. The smallest absolute Gasteiger partial charge is 0.274 e. The molecule has 0 bridgehead atoms. The van der Waals surface area contributed by atoms with Crippen LogP contribution in [0, 0.1) is 12.7 Å². The van der Waals surface area contributed by atoms with E-state index in [1.165, 1.54) is 12.1 Å². The third-order valence-corrected chi connectivity index (χ3v) is 5.33. The van der Waals surface area contributed by atoms with Crippen molar-refractivity contribution in [1.82, 2.24) is 14.5 Å². The minimum Gasteiger partial charge on any atom is -0.378 e. The maximum absolute atomic E-state index is 14.5. The molecule has 1 fully saturated rings. The van der Waals surface area contributed by atoms with Crippen molar-refractivity contribution >= 4 is 16.8 Å². The van der Waals surface area contributed by atoms with Crippen molar-refractivity contribution in [2.45, 2.75) is 19.9 Å². The molecule has 0 radical (unpaired) electrons. The number of fused-ring (bicyclic) bond motifs is 1. The van der Waals surface area contributed by atoms with Crippen LogP contribution in [0.4, 0.5) is 4.39 Å². The Kier molecular flexibility index (Phi) is 5.55. The van der Waals surface area contributed by atoms with Gasteiger partial charge < -0.3 is 19.2 Å². The molecular formula is C23H24FN3O3. The van der Waals surface area contributed by atoms with E-state index in [4.69, 9.17) is 4.74 Å². The van der Waals surface area contributed by atoms with Crippen molar-refractivity contribution in [2.24, 2.45) is 0 Å². The predicted octanol–water partition coefficient (Wildman–Crippen LogP) is 3.49. The van der Waals surface area contributed by atoms with Crippen LogP contribution in [0.2, 0.25) is 0 Å². The summed E-state index contributed by atoms with van der Waals surface area (Å²) in [4.78, 5) is 30.5. The SMILES string of the molecule is C=CCCn1cc(-c2cc(F)cc(C(=O)N3CCOCC3)c2)c2cc(C)[nH]c2c1=O. The Hall–Kier alpha value is -3.19. The van der Waals surface area contributed by atoms with Crippen LogP contribution >= 0.6 is 0 Å². The standard InChI is InChI=1S/C23H24FN3O3/c1-3-4-5-27-14-20(19-10-15(2)25-21(19)23(27)29)16-11-17(13-18(24)12-16)22(28)26-6-8-30-9-7-26/h3,10-14,25H,1,4-9H2,2H3. The van der Waals surface area contributed by atoms with Gasteiger partial charge in [0.25, 0.3) is 11.5 Å². The number of aromatic nitrogens is 2. The van der Waals surface area contributed by atoms with E-state index in [0.717, 1.165) is 5.69 Å². The number of benzene rings is 1. The Balaban J connectivity index is 1.84. The lowest BCUT2D eigenvalue weighted by Crippen LogP contribution is -2.40. The van der Waals surface area contributed by atoms with Crippen LogP contribution in [-0.4, -0.2) is 46.7 Å². The number of allylic oxidation sites excluding steroid dienone is 1. The lowest BCUT2D eigenvalue weighted by molar-refractivity contribution is 0.0302. The van der Waals surface area contributed by atoms with Crippen molar-refractivity contribution in [3.05, 3.63) is 70.5 Å². The Morgan fingerprint density at radius 1 is 1.27 bits per heavy atom. The molecular weight excluding hydrogens is 385 g/mol. The molecule has 1 aromatic carbocycles. The summed E-state index contributed by atoms with van der Waals surface area (Å²) < 4.78 is 21.4. The Labute approximate surface area is 173 Å². The fourth-order valence-corrected chi connectivity index (χ4v) is 3.84.